The predicted molar refractivity (Wildman–Crippen MR) is 73.8 cm³/mol. The fourth-order valence-corrected chi connectivity index (χ4v) is 2.38. The summed E-state index contributed by atoms with van der Waals surface area (Å²) in [7, 11) is 0. The molecule has 7 heteroatoms. The van der Waals surface area contributed by atoms with E-state index in [9.17, 15) is 18.0 Å². The molecule has 0 N–H and O–H groups in total. The number of halogens is 3. The van der Waals surface area contributed by atoms with Crippen LogP contribution in [0.3, 0.4) is 0 Å². The third-order valence-corrected chi connectivity index (χ3v) is 3.80. The van der Waals surface area contributed by atoms with Gasteiger partial charge in [0.25, 0.3) is 5.91 Å². The Morgan fingerprint density at radius 1 is 1.27 bits per heavy atom. The van der Waals surface area contributed by atoms with Crippen molar-refractivity contribution < 1.29 is 18.0 Å². The summed E-state index contributed by atoms with van der Waals surface area (Å²) in [6, 6.07) is 4.90. The molecule has 0 radical (unpaired) electrons. The van der Waals surface area contributed by atoms with Gasteiger partial charge in [-0.1, -0.05) is 6.07 Å². The van der Waals surface area contributed by atoms with Gasteiger partial charge in [-0.25, -0.2) is 4.68 Å². The maximum atomic E-state index is 12.8. The molecule has 0 unspecified atom stereocenters. The number of hydrogen-bond donors (Lipinski definition) is 0. The number of carbonyl (C=O) groups is 1. The molecule has 1 aromatic carbocycles. The first-order valence-electron chi connectivity index (χ1n) is 6.89. The van der Waals surface area contributed by atoms with Crippen LogP contribution in [0.25, 0.3) is 5.69 Å². The lowest BCUT2D eigenvalue weighted by molar-refractivity contribution is -0.137. The highest BCUT2D eigenvalue weighted by atomic mass is 19.4. The van der Waals surface area contributed by atoms with Crippen LogP contribution in [0.4, 0.5) is 13.2 Å². The average Bonchev–Trinajstić information content (AvgIpc) is 2.78. The van der Waals surface area contributed by atoms with Gasteiger partial charge < -0.3 is 4.90 Å². The number of likely N-dealkylation sites (tertiary alicyclic amines) is 1. The van der Waals surface area contributed by atoms with E-state index in [4.69, 9.17) is 0 Å². The maximum Gasteiger partial charge on any atom is 0.416 e. The summed E-state index contributed by atoms with van der Waals surface area (Å²) in [6.07, 6.45) is -2.02. The highest BCUT2D eigenvalue weighted by Crippen LogP contribution is 2.30. The van der Waals surface area contributed by atoms with Crippen molar-refractivity contribution in [2.24, 2.45) is 0 Å². The minimum Gasteiger partial charge on any atom is -0.338 e. The summed E-state index contributed by atoms with van der Waals surface area (Å²) in [5.41, 5.74) is 0.513. The van der Waals surface area contributed by atoms with Crippen LogP contribution < -0.4 is 0 Å². The largest absolute Gasteiger partial charge is 0.416 e. The molecule has 1 saturated heterocycles. The van der Waals surface area contributed by atoms with Crippen LogP contribution in [-0.2, 0) is 6.18 Å². The van der Waals surface area contributed by atoms with Crippen molar-refractivity contribution in [2.45, 2.75) is 19.5 Å². The quantitative estimate of drug-likeness (QED) is 0.855. The van der Waals surface area contributed by atoms with Crippen molar-refractivity contribution in [1.29, 1.82) is 0 Å². The van der Waals surface area contributed by atoms with Crippen molar-refractivity contribution in [3.63, 3.8) is 0 Å². The minimum atomic E-state index is -4.41. The van der Waals surface area contributed by atoms with Crippen LogP contribution in [0.15, 0.2) is 30.5 Å². The van der Waals surface area contributed by atoms with E-state index in [1.54, 1.807) is 11.8 Å². The topological polar surface area (TPSA) is 38.1 Å². The standard InChI is InChI=1S/C15H14F3N3O/c1-10-13(14(22)20-6-3-7-20)9-19-21(10)12-5-2-4-11(8-12)15(16,17)18/h2,4-5,8-9H,3,6-7H2,1H3. The number of amides is 1. The zero-order chi connectivity index (χ0) is 15.9. The molecule has 2 heterocycles. The predicted octanol–water partition coefficient (Wildman–Crippen LogP) is 3.05. The molecule has 116 valence electrons. The number of hydrogen-bond acceptors (Lipinski definition) is 2. The number of nitrogens with zero attached hydrogens (tertiary/aromatic N) is 3. The number of benzene rings is 1. The number of alkyl halides is 3. The highest BCUT2D eigenvalue weighted by Gasteiger charge is 2.31. The van der Waals surface area contributed by atoms with Crippen molar-refractivity contribution >= 4 is 5.91 Å². The monoisotopic (exact) mass is 309 g/mol. The van der Waals surface area contributed by atoms with Gasteiger partial charge in [0, 0.05) is 13.1 Å². The number of aromatic nitrogens is 2. The van der Waals surface area contributed by atoms with Crippen LogP contribution in [0.5, 0.6) is 0 Å². The summed E-state index contributed by atoms with van der Waals surface area (Å²) in [5.74, 6) is -0.123. The van der Waals surface area contributed by atoms with E-state index in [0.717, 1.165) is 18.6 Å². The molecule has 1 amide bonds. The van der Waals surface area contributed by atoms with Gasteiger partial charge in [-0.2, -0.15) is 18.3 Å². The van der Waals surface area contributed by atoms with E-state index in [2.05, 4.69) is 5.10 Å². The first-order valence-corrected chi connectivity index (χ1v) is 6.89. The summed E-state index contributed by atoms with van der Waals surface area (Å²) >= 11 is 0. The van der Waals surface area contributed by atoms with Crippen LogP contribution in [0.1, 0.15) is 28.0 Å². The minimum absolute atomic E-state index is 0.123. The molecule has 2 aromatic rings. The summed E-state index contributed by atoms with van der Waals surface area (Å²) in [4.78, 5) is 13.9. The lowest BCUT2D eigenvalue weighted by Gasteiger charge is -2.30. The van der Waals surface area contributed by atoms with Crippen molar-refractivity contribution in [3.05, 3.63) is 47.3 Å². The Labute approximate surface area is 125 Å². The molecule has 0 aliphatic carbocycles. The summed E-state index contributed by atoms with van der Waals surface area (Å²) in [6.45, 7) is 3.11. The Morgan fingerprint density at radius 3 is 2.59 bits per heavy atom. The van der Waals surface area contributed by atoms with Gasteiger partial charge in [-0.05, 0) is 31.5 Å². The molecule has 0 saturated carbocycles. The lowest BCUT2D eigenvalue weighted by atomic mass is 10.1. The van der Waals surface area contributed by atoms with Gasteiger partial charge >= 0.3 is 6.18 Å². The Bertz CT molecular complexity index is 717. The fourth-order valence-electron chi connectivity index (χ4n) is 2.38. The van der Waals surface area contributed by atoms with Crippen LogP contribution in [-0.4, -0.2) is 33.7 Å². The Kier molecular flexibility index (Phi) is 3.42. The van der Waals surface area contributed by atoms with E-state index in [1.807, 2.05) is 0 Å². The second-order valence-electron chi connectivity index (χ2n) is 5.25. The van der Waals surface area contributed by atoms with Gasteiger partial charge in [-0.15, -0.1) is 0 Å². The highest BCUT2D eigenvalue weighted by molar-refractivity contribution is 5.95. The Morgan fingerprint density at radius 2 is 2.00 bits per heavy atom. The van der Waals surface area contributed by atoms with Crippen LogP contribution in [0.2, 0.25) is 0 Å². The summed E-state index contributed by atoms with van der Waals surface area (Å²) < 4.78 is 39.7. The third-order valence-electron chi connectivity index (χ3n) is 3.80. The second-order valence-corrected chi connectivity index (χ2v) is 5.25. The molecule has 1 aromatic heterocycles. The Balaban J connectivity index is 1.96. The zero-order valence-electron chi connectivity index (χ0n) is 11.9. The molecule has 3 rings (SSSR count). The SMILES string of the molecule is Cc1c(C(=O)N2CCC2)cnn1-c1cccc(C(F)(F)F)c1. The van der Waals surface area contributed by atoms with Crippen LogP contribution in [0, 0.1) is 6.92 Å². The lowest BCUT2D eigenvalue weighted by Crippen LogP contribution is -2.42. The van der Waals surface area contributed by atoms with E-state index in [0.29, 0.717) is 24.3 Å². The molecule has 0 bridgehead atoms. The van der Waals surface area contributed by atoms with Gasteiger partial charge in [-0.3, -0.25) is 4.79 Å². The third kappa shape index (κ3) is 2.47. The molecule has 1 aliphatic rings. The average molecular weight is 309 g/mol. The van der Waals surface area contributed by atoms with E-state index < -0.39 is 11.7 Å². The fraction of sp³-hybridized carbons (Fsp3) is 0.333. The molecule has 0 spiro atoms. The van der Waals surface area contributed by atoms with Crippen molar-refractivity contribution in [1.82, 2.24) is 14.7 Å². The smallest absolute Gasteiger partial charge is 0.338 e. The molecule has 0 atom stereocenters. The van der Waals surface area contributed by atoms with Gasteiger partial charge in [0.2, 0.25) is 0 Å². The Hall–Kier alpha value is -2.31. The van der Waals surface area contributed by atoms with Gasteiger partial charge in [0.05, 0.1) is 28.7 Å². The van der Waals surface area contributed by atoms with Crippen molar-refractivity contribution in [2.75, 3.05) is 13.1 Å². The maximum absolute atomic E-state index is 12.8. The van der Waals surface area contributed by atoms with E-state index >= 15 is 0 Å². The zero-order valence-corrected chi connectivity index (χ0v) is 11.9. The van der Waals surface area contributed by atoms with Crippen molar-refractivity contribution in [3.8, 4) is 5.69 Å². The number of carbonyl (C=O) groups excluding carboxylic acids is 1. The van der Waals surface area contributed by atoms with Gasteiger partial charge in [0.15, 0.2) is 0 Å². The molecule has 1 fully saturated rings. The summed E-state index contributed by atoms with van der Waals surface area (Å²) in [5, 5.41) is 4.07. The second kappa shape index (κ2) is 5.15. The first-order chi connectivity index (χ1) is 10.4. The normalized spacial score (nSPS) is 14.8. The molecular weight excluding hydrogens is 295 g/mol. The van der Waals surface area contributed by atoms with Gasteiger partial charge in [0.1, 0.15) is 0 Å². The van der Waals surface area contributed by atoms with Crippen LogP contribution >= 0.6 is 0 Å². The van der Waals surface area contributed by atoms with E-state index in [1.165, 1.54) is 23.0 Å². The molecular formula is C15H14F3N3O. The first kappa shape index (κ1) is 14.6. The van der Waals surface area contributed by atoms with E-state index in [-0.39, 0.29) is 11.6 Å². The molecule has 1 aliphatic heterocycles. The molecule has 22 heavy (non-hydrogen) atoms. The number of rotatable bonds is 2. The molecule has 4 nitrogen and oxygen atoms in total.